The summed E-state index contributed by atoms with van der Waals surface area (Å²) < 4.78 is 28.3. The van der Waals surface area contributed by atoms with Crippen LogP contribution in [-0.4, -0.2) is 45.2 Å². The number of carbonyl (C=O) groups excluding carboxylic acids is 1. The molecule has 1 fully saturated rings. The zero-order chi connectivity index (χ0) is 17.0. The Kier molecular flexibility index (Phi) is 5.68. The monoisotopic (exact) mass is 339 g/mol. The van der Waals surface area contributed by atoms with E-state index in [2.05, 4.69) is 6.92 Å². The molecule has 0 aromatic heterocycles. The lowest BCUT2D eigenvalue weighted by Gasteiger charge is -2.33. The molecule has 0 aliphatic heterocycles. The molecule has 1 amide bonds. The first-order chi connectivity index (χ1) is 10.8. The number of hydrogen-bond donors (Lipinski definition) is 0. The third kappa shape index (κ3) is 4.96. The van der Waals surface area contributed by atoms with E-state index in [9.17, 15) is 13.2 Å². The first-order valence-corrected chi connectivity index (χ1v) is 9.85. The van der Waals surface area contributed by atoms with Crippen LogP contribution in [0.3, 0.4) is 0 Å². The van der Waals surface area contributed by atoms with Crippen LogP contribution in [0.1, 0.15) is 32.6 Å². The largest absolute Gasteiger partial charge is 0.484 e. The van der Waals surface area contributed by atoms with Crippen molar-refractivity contribution in [2.75, 3.05) is 19.9 Å². The number of carbonyl (C=O) groups is 1. The van der Waals surface area contributed by atoms with Gasteiger partial charge in [0.2, 0.25) is 0 Å². The molecule has 0 bridgehead atoms. The number of nitrogens with zero attached hydrogens (tertiary/aromatic N) is 1. The van der Waals surface area contributed by atoms with Gasteiger partial charge in [0.1, 0.15) is 5.75 Å². The Morgan fingerprint density at radius 2 is 1.74 bits per heavy atom. The molecule has 0 atom stereocenters. The van der Waals surface area contributed by atoms with Crippen LogP contribution in [0.4, 0.5) is 0 Å². The molecule has 2 rings (SSSR count). The van der Waals surface area contributed by atoms with Crippen molar-refractivity contribution in [3.05, 3.63) is 24.3 Å². The third-order valence-electron chi connectivity index (χ3n) is 4.54. The highest BCUT2D eigenvalue weighted by atomic mass is 32.2. The topological polar surface area (TPSA) is 63.7 Å². The molecule has 128 valence electrons. The fourth-order valence-corrected chi connectivity index (χ4v) is 3.49. The number of benzene rings is 1. The van der Waals surface area contributed by atoms with E-state index in [0.717, 1.165) is 37.9 Å². The Hall–Kier alpha value is -1.56. The van der Waals surface area contributed by atoms with Crippen molar-refractivity contribution in [2.45, 2.75) is 43.5 Å². The van der Waals surface area contributed by atoms with Crippen LogP contribution in [0.25, 0.3) is 0 Å². The molecule has 0 saturated heterocycles. The summed E-state index contributed by atoms with van der Waals surface area (Å²) in [6.45, 7) is 2.22. The van der Waals surface area contributed by atoms with Gasteiger partial charge < -0.3 is 9.64 Å². The normalized spacial score (nSPS) is 21.7. The van der Waals surface area contributed by atoms with E-state index in [4.69, 9.17) is 4.74 Å². The van der Waals surface area contributed by atoms with E-state index >= 15 is 0 Å². The number of rotatable bonds is 5. The fraction of sp³-hybridized carbons (Fsp3) is 0.588. The van der Waals surface area contributed by atoms with Crippen molar-refractivity contribution in [1.29, 1.82) is 0 Å². The molecule has 0 unspecified atom stereocenters. The highest BCUT2D eigenvalue weighted by molar-refractivity contribution is 7.90. The molecule has 5 nitrogen and oxygen atoms in total. The lowest BCUT2D eigenvalue weighted by atomic mass is 9.87. The molecule has 0 radical (unpaired) electrons. The average molecular weight is 339 g/mol. The van der Waals surface area contributed by atoms with Crippen molar-refractivity contribution in [3.63, 3.8) is 0 Å². The number of sulfone groups is 1. The lowest BCUT2D eigenvalue weighted by Crippen LogP contribution is -2.41. The van der Waals surface area contributed by atoms with Gasteiger partial charge >= 0.3 is 0 Å². The molecule has 1 saturated carbocycles. The van der Waals surface area contributed by atoms with Crippen LogP contribution in [0.2, 0.25) is 0 Å². The van der Waals surface area contributed by atoms with Gasteiger partial charge in [-0.1, -0.05) is 6.92 Å². The molecular weight excluding hydrogens is 314 g/mol. The van der Waals surface area contributed by atoms with Crippen molar-refractivity contribution in [1.82, 2.24) is 4.90 Å². The Morgan fingerprint density at radius 3 is 2.26 bits per heavy atom. The number of hydrogen-bond acceptors (Lipinski definition) is 4. The minimum atomic E-state index is -3.21. The summed E-state index contributed by atoms with van der Waals surface area (Å²) in [5.41, 5.74) is 0. The highest BCUT2D eigenvalue weighted by Gasteiger charge is 2.24. The second kappa shape index (κ2) is 7.34. The van der Waals surface area contributed by atoms with Crippen LogP contribution in [0.5, 0.6) is 5.75 Å². The van der Waals surface area contributed by atoms with E-state index in [1.807, 2.05) is 7.05 Å². The van der Waals surface area contributed by atoms with Crippen molar-refractivity contribution in [2.24, 2.45) is 5.92 Å². The summed E-state index contributed by atoms with van der Waals surface area (Å²) >= 11 is 0. The summed E-state index contributed by atoms with van der Waals surface area (Å²) in [5.74, 6) is 1.20. The average Bonchev–Trinajstić information content (AvgIpc) is 2.52. The number of amides is 1. The van der Waals surface area contributed by atoms with Crippen molar-refractivity contribution in [3.8, 4) is 5.75 Å². The summed E-state index contributed by atoms with van der Waals surface area (Å²) in [5, 5.41) is 0. The second-order valence-corrected chi connectivity index (χ2v) is 8.47. The minimum Gasteiger partial charge on any atom is -0.484 e. The SMILES string of the molecule is CC1CCC(N(C)C(=O)COc2ccc(S(C)(=O)=O)cc2)CC1. The Labute approximate surface area is 138 Å². The molecule has 0 N–H and O–H groups in total. The smallest absolute Gasteiger partial charge is 0.260 e. The van der Waals surface area contributed by atoms with Gasteiger partial charge in [-0.3, -0.25) is 4.79 Å². The third-order valence-corrected chi connectivity index (χ3v) is 5.67. The van der Waals surface area contributed by atoms with Crippen molar-refractivity contribution < 1.29 is 17.9 Å². The van der Waals surface area contributed by atoms with Crippen LogP contribution in [-0.2, 0) is 14.6 Å². The number of ether oxygens (including phenoxy) is 1. The summed E-state index contributed by atoms with van der Waals surface area (Å²) in [4.78, 5) is 14.3. The molecular formula is C17H25NO4S. The lowest BCUT2D eigenvalue weighted by molar-refractivity contribution is -0.134. The molecule has 1 aliphatic rings. The van der Waals surface area contributed by atoms with Crippen LogP contribution < -0.4 is 4.74 Å². The van der Waals surface area contributed by atoms with Crippen molar-refractivity contribution >= 4 is 15.7 Å². The van der Waals surface area contributed by atoms with Gasteiger partial charge in [-0.25, -0.2) is 8.42 Å². The molecule has 1 aromatic rings. The summed E-state index contributed by atoms with van der Waals surface area (Å²) in [7, 11) is -1.38. The standard InChI is InChI=1S/C17H25NO4S/c1-13-4-6-14(7-5-13)18(2)17(19)12-22-15-8-10-16(11-9-15)23(3,20)21/h8-11,13-14H,4-7,12H2,1-3H3. The van der Waals surface area contributed by atoms with E-state index < -0.39 is 9.84 Å². The molecule has 6 heteroatoms. The summed E-state index contributed by atoms with van der Waals surface area (Å²) in [6, 6.07) is 6.43. The zero-order valence-electron chi connectivity index (χ0n) is 14.0. The van der Waals surface area contributed by atoms with Gasteiger partial charge in [-0.2, -0.15) is 0 Å². The van der Waals surface area contributed by atoms with Gasteiger partial charge in [0.05, 0.1) is 4.90 Å². The zero-order valence-corrected chi connectivity index (χ0v) is 14.8. The molecule has 1 aromatic carbocycles. The molecule has 1 aliphatic carbocycles. The number of likely N-dealkylation sites (N-methyl/N-ethyl adjacent to an activating group) is 1. The molecule has 0 spiro atoms. The molecule has 0 heterocycles. The fourth-order valence-electron chi connectivity index (χ4n) is 2.86. The Bertz CT molecular complexity index is 631. The predicted molar refractivity (Wildman–Crippen MR) is 89.2 cm³/mol. The maximum absolute atomic E-state index is 12.2. The Balaban J connectivity index is 1.86. The van der Waals surface area contributed by atoms with Gasteiger partial charge in [0.25, 0.3) is 5.91 Å². The quantitative estimate of drug-likeness (QED) is 0.827. The van der Waals surface area contributed by atoms with Gasteiger partial charge in [0, 0.05) is 19.3 Å². The maximum atomic E-state index is 12.2. The molecule has 23 heavy (non-hydrogen) atoms. The van der Waals surface area contributed by atoms with E-state index in [1.54, 1.807) is 17.0 Å². The second-order valence-electron chi connectivity index (χ2n) is 6.45. The Morgan fingerprint density at radius 1 is 1.17 bits per heavy atom. The summed E-state index contributed by atoms with van der Waals surface area (Å²) in [6.07, 6.45) is 5.58. The maximum Gasteiger partial charge on any atom is 0.260 e. The first kappa shape index (κ1) is 17.8. The van der Waals surface area contributed by atoms with E-state index in [-0.39, 0.29) is 17.4 Å². The van der Waals surface area contributed by atoms with Gasteiger partial charge in [-0.05, 0) is 55.9 Å². The van der Waals surface area contributed by atoms with E-state index in [0.29, 0.717) is 11.8 Å². The predicted octanol–water partition coefficient (Wildman–Crippen LogP) is 2.51. The van der Waals surface area contributed by atoms with E-state index in [1.165, 1.54) is 12.1 Å². The van der Waals surface area contributed by atoms with Gasteiger partial charge in [-0.15, -0.1) is 0 Å². The van der Waals surface area contributed by atoms with Gasteiger partial charge in [0.15, 0.2) is 16.4 Å². The van der Waals surface area contributed by atoms with Crippen LogP contribution in [0, 0.1) is 5.92 Å². The first-order valence-electron chi connectivity index (χ1n) is 7.96. The van der Waals surface area contributed by atoms with Crippen LogP contribution in [0.15, 0.2) is 29.2 Å². The highest BCUT2D eigenvalue weighted by Crippen LogP contribution is 2.26. The minimum absolute atomic E-state index is 0.0270. The van der Waals surface area contributed by atoms with Crippen LogP contribution >= 0.6 is 0 Å².